The van der Waals surface area contributed by atoms with Crippen molar-refractivity contribution in [3.8, 4) is 0 Å². The molecule has 0 radical (unpaired) electrons. The van der Waals surface area contributed by atoms with E-state index in [9.17, 15) is 20.1 Å². The molecule has 8 unspecified atom stereocenters. The first kappa shape index (κ1) is 19.8. The molecule has 0 spiro atoms. The molecule has 0 aromatic rings. The maximum atomic E-state index is 10.7. The Bertz CT molecular complexity index is 575. The quantitative estimate of drug-likeness (QED) is 0.396. The van der Waals surface area contributed by atoms with Gasteiger partial charge in [-0.1, -0.05) is 13.8 Å². The van der Waals surface area contributed by atoms with E-state index in [1.165, 1.54) is 38.5 Å². The molecule has 0 heterocycles. The van der Waals surface area contributed by atoms with Crippen LogP contribution in [0.3, 0.4) is 0 Å². The Kier molecular flexibility index (Phi) is 5.01. The predicted octanol–water partition coefficient (Wildman–Crippen LogP) is 3.67. The third-order valence-electron chi connectivity index (χ3n) is 9.82. The smallest absolute Gasteiger partial charge is 0.189 e. The van der Waals surface area contributed by atoms with E-state index < -0.39 is 11.9 Å². The molecule has 4 saturated carbocycles. The van der Waals surface area contributed by atoms with Gasteiger partial charge in [0, 0.05) is 12.8 Å². The average molecular weight is 379 g/mol. The number of aliphatic hydroxyl groups excluding tert-OH is 1. The number of carbonyl (C=O) groups excluding carboxylic acids is 1. The molecular formula is C23H38O4. The minimum atomic E-state index is -1.93. The average Bonchev–Trinajstić information content (AvgIpc) is 2.93. The van der Waals surface area contributed by atoms with Crippen molar-refractivity contribution in [1.82, 2.24) is 0 Å². The van der Waals surface area contributed by atoms with Crippen LogP contribution in [0.2, 0.25) is 0 Å². The van der Waals surface area contributed by atoms with Gasteiger partial charge in [0.25, 0.3) is 0 Å². The van der Waals surface area contributed by atoms with Gasteiger partial charge >= 0.3 is 0 Å². The van der Waals surface area contributed by atoms with Crippen LogP contribution in [-0.2, 0) is 4.79 Å². The first-order chi connectivity index (χ1) is 12.7. The van der Waals surface area contributed by atoms with Crippen molar-refractivity contribution in [2.24, 2.45) is 40.4 Å². The zero-order valence-corrected chi connectivity index (χ0v) is 17.1. The van der Waals surface area contributed by atoms with Gasteiger partial charge in [0.1, 0.15) is 12.4 Å². The van der Waals surface area contributed by atoms with Gasteiger partial charge in [0.2, 0.25) is 0 Å². The van der Waals surface area contributed by atoms with Crippen molar-refractivity contribution >= 4 is 6.29 Å². The maximum absolute atomic E-state index is 10.7. The summed E-state index contributed by atoms with van der Waals surface area (Å²) >= 11 is 0. The van der Waals surface area contributed by atoms with Crippen molar-refractivity contribution in [3.63, 3.8) is 0 Å². The Labute approximate surface area is 163 Å². The van der Waals surface area contributed by atoms with Crippen LogP contribution in [0, 0.1) is 40.4 Å². The van der Waals surface area contributed by atoms with E-state index in [1.54, 1.807) is 0 Å². The number of aliphatic hydroxyl groups is 3. The van der Waals surface area contributed by atoms with Gasteiger partial charge in [0.15, 0.2) is 5.79 Å². The van der Waals surface area contributed by atoms with Crippen LogP contribution in [0.1, 0.15) is 84.5 Å². The Morgan fingerprint density at radius 3 is 2.48 bits per heavy atom. The molecular weight excluding hydrogens is 340 g/mol. The van der Waals surface area contributed by atoms with E-state index in [0.717, 1.165) is 31.0 Å². The number of aldehydes is 1. The molecule has 0 amide bonds. The van der Waals surface area contributed by atoms with Crippen molar-refractivity contribution in [3.05, 3.63) is 0 Å². The van der Waals surface area contributed by atoms with Gasteiger partial charge in [-0.2, -0.15) is 0 Å². The Morgan fingerprint density at radius 2 is 1.74 bits per heavy atom. The molecule has 4 rings (SSSR count). The third-order valence-corrected chi connectivity index (χ3v) is 9.82. The van der Waals surface area contributed by atoms with Crippen LogP contribution in [0.4, 0.5) is 0 Å². The summed E-state index contributed by atoms with van der Waals surface area (Å²) in [5.41, 5.74) is 0.333. The van der Waals surface area contributed by atoms with Crippen molar-refractivity contribution < 1.29 is 20.1 Å². The summed E-state index contributed by atoms with van der Waals surface area (Å²) in [6.45, 7) is 4.79. The lowest BCUT2D eigenvalue weighted by atomic mass is 9.44. The molecule has 0 aromatic carbocycles. The fourth-order valence-corrected chi connectivity index (χ4v) is 8.36. The molecule has 3 N–H and O–H groups in total. The highest BCUT2D eigenvalue weighted by atomic mass is 16.5. The summed E-state index contributed by atoms with van der Waals surface area (Å²) < 4.78 is 0. The maximum Gasteiger partial charge on any atom is 0.189 e. The van der Waals surface area contributed by atoms with Gasteiger partial charge < -0.3 is 20.1 Å². The number of fused-ring (bicyclic) bond motifs is 5. The van der Waals surface area contributed by atoms with E-state index in [1.807, 2.05) is 0 Å². The zero-order chi connectivity index (χ0) is 19.4. The first-order valence-electron chi connectivity index (χ1n) is 11.3. The highest BCUT2D eigenvalue weighted by Gasteiger charge is 2.62. The molecule has 8 atom stereocenters. The Balaban J connectivity index is 1.54. The van der Waals surface area contributed by atoms with Crippen molar-refractivity contribution in [2.75, 3.05) is 0 Å². The predicted molar refractivity (Wildman–Crippen MR) is 104 cm³/mol. The minimum absolute atomic E-state index is 0.0669. The van der Waals surface area contributed by atoms with Crippen molar-refractivity contribution in [1.29, 1.82) is 0 Å². The normalized spacial score (nSPS) is 51.1. The minimum Gasteiger partial charge on any atom is -0.388 e. The third kappa shape index (κ3) is 3.02. The van der Waals surface area contributed by atoms with E-state index in [0.29, 0.717) is 42.4 Å². The lowest BCUT2D eigenvalue weighted by molar-refractivity contribution is -0.289. The van der Waals surface area contributed by atoms with Crippen molar-refractivity contribution in [2.45, 2.75) is 96.4 Å². The van der Waals surface area contributed by atoms with E-state index in [4.69, 9.17) is 0 Å². The van der Waals surface area contributed by atoms with Gasteiger partial charge in [-0.05, 0) is 98.2 Å². The zero-order valence-electron chi connectivity index (χ0n) is 17.1. The number of hydrogen-bond donors (Lipinski definition) is 3. The highest BCUT2D eigenvalue weighted by Crippen LogP contribution is 2.68. The molecule has 4 aliphatic rings. The van der Waals surface area contributed by atoms with Gasteiger partial charge in [0.05, 0.1) is 0 Å². The first-order valence-corrected chi connectivity index (χ1v) is 11.3. The molecule has 27 heavy (non-hydrogen) atoms. The summed E-state index contributed by atoms with van der Waals surface area (Å²) in [6.07, 6.45) is 11.2. The summed E-state index contributed by atoms with van der Waals surface area (Å²) in [4.78, 5) is 10.7. The Morgan fingerprint density at radius 1 is 1.00 bits per heavy atom. The molecule has 0 aliphatic heterocycles. The standard InChI is InChI=1S/C23H38O4/c1-21-11-10-19-17(18(21)9-7-15(21)5-3-4-12-24)8-6-16-13-20(25)23(26,27)14-22(16,19)2/h12,15-20,25-27H,3-11,13-14H2,1-2H3. The van der Waals surface area contributed by atoms with Crippen LogP contribution >= 0.6 is 0 Å². The lowest BCUT2D eigenvalue weighted by Gasteiger charge is -2.62. The highest BCUT2D eigenvalue weighted by molar-refractivity contribution is 5.48. The fourth-order valence-electron chi connectivity index (χ4n) is 8.36. The molecule has 0 saturated heterocycles. The van der Waals surface area contributed by atoms with Crippen LogP contribution in [-0.4, -0.2) is 33.5 Å². The summed E-state index contributed by atoms with van der Waals surface area (Å²) in [5.74, 6) is 1.21. The van der Waals surface area contributed by atoms with E-state index in [-0.39, 0.29) is 5.41 Å². The second-order valence-electron chi connectivity index (χ2n) is 10.9. The number of carbonyl (C=O) groups is 1. The van der Waals surface area contributed by atoms with Crippen LogP contribution < -0.4 is 0 Å². The molecule has 4 fully saturated rings. The monoisotopic (exact) mass is 378 g/mol. The van der Waals surface area contributed by atoms with E-state index >= 15 is 0 Å². The fraction of sp³-hybridized carbons (Fsp3) is 0.957. The number of unbranched alkanes of at least 4 members (excludes halogenated alkanes) is 1. The molecule has 4 aliphatic carbocycles. The molecule has 4 nitrogen and oxygen atoms in total. The van der Waals surface area contributed by atoms with E-state index in [2.05, 4.69) is 13.8 Å². The largest absolute Gasteiger partial charge is 0.388 e. The summed E-state index contributed by atoms with van der Waals surface area (Å²) in [7, 11) is 0. The topological polar surface area (TPSA) is 77.8 Å². The van der Waals surface area contributed by atoms with Crippen LogP contribution in [0.5, 0.6) is 0 Å². The van der Waals surface area contributed by atoms with Crippen LogP contribution in [0.25, 0.3) is 0 Å². The molecule has 4 heteroatoms. The molecule has 0 aromatic heterocycles. The molecule has 0 bridgehead atoms. The number of rotatable bonds is 4. The second kappa shape index (κ2) is 6.81. The van der Waals surface area contributed by atoms with Gasteiger partial charge in [-0.3, -0.25) is 0 Å². The van der Waals surface area contributed by atoms with Gasteiger partial charge in [-0.15, -0.1) is 0 Å². The lowest BCUT2D eigenvalue weighted by Crippen LogP contribution is -2.60. The van der Waals surface area contributed by atoms with Gasteiger partial charge in [-0.25, -0.2) is 0 Å². The van der Waals surface area contributed by atoms with Crippen LogP contribution in [0.15, 0.2) is 0 Å². The SMILES string of the molecule is CC12CCC3C(CCC4CC(O)C(O)(O)CC43C)C1CCC2CCCC=O. The number of hydrogen-bond acceptors (Lipinski definition) is 4. The summed E-state index contributed by atoms with van der Waals surface area (Å²) in [5, 5.41) is 31.0. The Hall–Kier alpha value is -0.450. The molecule has 154 valence electrons. The second-order valence-corrected chi connectivity index (χ2v) is 10.9. The summed E-state index contributed by atoms with van der Waals surface area (Å²) in [6, 6.07) is 0.